The third-order valence-electron chi connectivity index (χ3n) is 20.9. The van der Waals surface area contributed by atoms with Gasteiger partial charge >= 0.3 is 0 Å². The summed E-state index contributed by atoms with van der Waals surface area (Å²) in [5.41, 5.74) is 31.0. The van der Waals surface area contributed by atoms with Crippen molar-refractivity contribution in [3.8, 4) is 50.2 Å². The van der Waals surface area contributed by atoms with Crippen molar-refractivity contribution >= 4 is 101 Å². The lowest BCUT2D eigenvalue weighted by atomic mass is 9.33. The minimum atomic E-state index is -0.315. The second-order valence-electron chi connectivity index (χ2n) is 32.6. The summed E-state index contributed by atoms with van der Waals surface area (Å²) in [6, 6.07) is 95.1. The zero-order chi connectivity index (χ0) is 67.4. The van der Waals surface area contributed by atoms with Gasteiger partial charge in [0, 0.05) is 55.7 Å². The van der Waals surface area contributed by atoms with Crippen molar-refractivity contribution in [2.45, 2.75) is 131 Å². The third kappa shape index (κ3) is 10.3. The van der Waals surface area contributed by atoms with Crippen molar-refractivity contribution in [3.05, 3.63) is 277 Å². The van der Waals surface area contributed by atoms with Crippen LogP contribution in [0.5, 0.6) is 0 Å². The predicted octanol–water partition coefficient (Wildman–Crippen LogP) is 23.9. The number of hydrogen-bond acceptors (Lipinski definition) is 3. The molecule has 0 N–H and O–H groups in total. The Bertz CT molecular complexity index is 5420. The van der Waals surface area contributed by atoms with Crippen LogP contribution in [-0.4, -0.2) is 11.3 Å². The smallest absolute Gasteiger partial charge is 0.252 e. The van der Waals surface area contributed by atoms with Gasteiger partial charge in [-0.3, -0.25) is 0 Å². The van der Waals surface area contributed by atoms with E-state index in [2.05, 4.69) is 367 Å². The van der Waals surface area contributed by atoms with Crippen LogP contribution in [0.2, 0.25) is 0 Å². The summed E-state index contributed by atoms with van der Waals surface area (Å²) < 4.78 is 9.52. The average molecular weight is 1260 g/mol. The Morgan fingerprint density at radius 2 is 0.701 bits per heavy atom. The van der Waals surface area contributed by atoms with E-state index in [-0.39, 0.29) is 33.8 Å². The summed E-state index contributed by atoms with van der Waals surface area (Å²) in [4.78, 5) is 5.43. The van der Waals surface area contributed by atoms with Gasteiger partial charge in [-0.05, 0) is 171 Å². The molecule has 2 aliphatic rings. The van der Waals surface area contributed by atoms with E-state index in [1.165, 1.54) is 77.2 Å². The van der Waals surface area contributed by atoms with E-state index in [1.54, 1.807) is 0 Å². The second-order valence-corrected chi connectivity index (χ2v) is 32.6. The maximum absolute atomic E-state index is 7.04. The van der Waals surface area contributed by atoms with Crippen LogP contribution in [0.1, 0.15) is 132 Å². The summed E-state index contributed by atoms with van der Waals surface area (Å²) in [5, 5.41) is 4.55. The van der Waals surface area contributed by atoms with Crippen molar-refractivity contribution in [3.63, 3.8) is 0 Å². The van der Waals surface area contributed by atoms with E-state index in [4.69, 9.17) is 4.42 Å². The van der Waals surface area contributed by atoms with Gasteiger partial charge in [-0.2, -0.15) is 0 Å². The molecule has 16 rings (SSSR count). The highest BCUT2D eigenvalue weighted by molar-refractivity contribution is 7.00. The normalized spacial score (nSPS) is 13.5. The maximum atomic E-state index is 7.04. The molecule has 2 aromatic heterocycles. The van der Waals surface area contributed by atoms with Gasteiger partial charge in [-0.25, -0.2) is 0 Å². The number of nitrogens with zero attached hydrogens (tertiary/aromatic N) is 3. The number of para-hydroxylation sites is 3. The largest absolute Gasteiger partial charge is 0.456 e. The molecule has 0 saturated carbocycles. The third-order valence-corrected chi connectivity index (χ3v) is 20.9. The van der Waals surface area contributed by atoms with Gasteiger partial charge in [-0.1, -0.05) is 286 Å². The second kappa shape index (κ2) is 22.2. The lowest BCUT2D eigenvalue weighted by Crippen LogP contribution is -2.61. The molecule has 0 bridgehead atoms. The molecule has 0 radical (unpaired) electrons. The van der Waals surface area contributed by atoms with Crippen LogP contribution in [0.25, 0.3) is 93.9 Å². The van der Waals surface area contributed by atoms with E-state index in [0.717, 1.165) is 95.0 Å². The Balaban J connectivity index is 1.11. The molecule has 4 heterocycles. The van der Waals surface area contributed by atoms with Crippen LogP contribution in [-0.2, 0) is 27.1 Å². The van der Waals surface area contributed by atoms with E-state index >= 15 is 0 Å². The first-order chi connectivity index (χ1) is 46.3. The van der Waals surface area contributed by atoms with Crippen LogP contribution >= 0.6 is 0 Å². The average Bonchev–Trinajstić information content (AvgIpc) is 1.44. The lowest BCUT2D eigenvalue weighted by Gasteiger charge is -2.46. The molecular weight excluding hydrogens is 1170 g/mol. The topological polar surface area (TPSA) is 24.6 Å². The first-order valence-corrected chi connectivity index (χ1v) is 34.8. The molecule has 0 aliphatic carbocycles. The number of rotatable bonds is 7. The minimum absolute atomic E-state index is 0.0857. The number of benzene rings is 12. The molecule has 5 heteroatoms. The molecule has 0 spiro atoms. The van der Waals surface area contributed by atoms with Gasteiger partial charge in [-0.15, -0.1) is 0 Å². The first-order valence-electron chi connectivity index (χ1n) is 34.8. The quantitative estimate of drug-likeness (QED) is 0.149. The van der Waals surface area contributed by atoms with Crippen molar-refractivity contribution in [1.29, 1.82) is 0 Å². The standard InChI is InChI=1S/C92H86BN3O/c1-88(2,3)63-47-61(48-64(53-63)89(4,5)6)59-39-43-73-77(51-59)95(86-69(57-29-19-16-20-30-57)41-45-76-83(86)71-35-25-27-37-75(71)94(76)68-33-23-18-24-34-68)79-55-67(92(13,14)15)56-80-85(79)93(73)74-44-40-60(62-49-65(90(7,8)9)54-66(50-62)91(10,11)12)52-78(74)96(80)87-70(58-31-21-17-22-32-58)42-46-82-84(87)72-36-26-28-38-81(72)97-82/h16-56H,1-15H3. The number of furan rings is 1. The summed E-state index contributed by atoms with van der Waals surface area (Å²) >= 11 is 0. The van der Waals surface area contributed by atoms with Gasteiger partial charge in [0.05, 0.1) is 27.8 Å². The molecular formula is C92H86BN3O. The molecule has 4 nitrogen and oxygen atoms in total. The van der Waals surface area contributed by atoms with E-state index in [0.29, 0.717) is 0 Å². The Labute approximate surface area is 574 Å². The molecule has 0 unspecified atom stereocenters. The van der Waals surface area contributed by atoms with Gasteiger partial charge in [0.15, 0.2) is 0 Å². The molecule has 2 aliphatic heterocycles. The highest BCUT2D eigenvalue weighted by Gasteiger charge is 2.46. The number of fused-ring (bicyclic) bond motifs is 10. The van der Waals surface area contributed by atoms with Crippen LogP contribution < -0.4 is 26.2 Å². The number of aromatic nitrogens is 1. The van der Waals surface area contributed by atoms with Gasteiger partial charge < -0.3 is 18.8 Å². The van der Waals surface area contributed by atoms with Gasteiger partial charge in [0.2, 0.25) is 0 Å². The zero-order valence-corrected chi connectivity index (χ0v) is 59.0. The minimum Gasteiger partial charge on any atom is -0.456 e. The molecule has 478 valence electrons. The van der Waals surface area contributed by atoms with Crippen molar-refractivity contribution in [2.75, 3.05) is 9.80 Å². The zero-order valence-electron chi connectivity index (χ0n) is 59.0. The summed E-state index contributed by atoms with van der Waals surface area (Å²) in [6.45, 7) is 35.2. The van der Waals surface area contributed by atoms with Crippen molar-refractivity contribution in [1.82, 2.24) is 4.57 Å². The number of hydrogen-bond donors (Lipinski definition) is 0. The Hall–Kier alpha value is -10.1. The molecule has 0 saturated heterocycles. The highest BCUT2D eigenvalue weighted by atomic mass is 16.3. The predicted molar refractivity (Wildman–Crippen MR) is 417 cm³/mol. The van der Waals surface area contributed by atoms with Crippen LogP contribution in [0.4, 0.5) is 34.1 Å². The fourth-order valence-corrected chi connectivity index (χ4v) is 15.4. The highest BCUT2D eigenvalue weighted by Crippen LogP contribution is 2.56. The Kier molecular flexibility index (Phi) is 14.2. The number of anilines is 6. The van der Waals surface area contributed by atoms with E-state index < -0.39 is 0 Å². The summed E-state index contributed by atoms with van der Waals surface area (Å²) in [7, 11) is 0. The Morgan fingerprint density at radius 1 is 0.289 bits per heavy atom. The molecule has 97 heavy (non-hydrogen) atoms. The Morgan fingerprint density at radius 3 is 1.19 bits per heavy atom. The van der Waals surface area contributed by atoms with Crippen LogP contribution in [0, 0.1) is 0 Å². The molecule has 0 amide bonds. The fourth-order valence-electron chi connectivity index (χ4n) is 15.4. The van der Waals surface area contributed by atoms with Crippen molar-refractivity contribution < 1.29 is 4.42 Å². The van der Waals surface area contributed by atoms with E-state index in [9.17, 15) is 0 Å². The van der Waals surface area contributed by atoms with Crippen molar-refractivity contribution in [2.24, 2.45) is 0 Å². The molecule has 12 aromatic carbocycles. The van der Waals surface area contributed by atoms with Crippen LogP contribution in [0.15, 0.2) is 253 Å². The van der Waals surface area contributed by atoms with Crippen LogP contribution in [0.3, 0.4) is 0 Å². The first kappa shape index (κ1) is 61.8. The summed E-state index contributed by atoms with van der Waals surface area (Å²) in [6.07, 6.45) is 0. The lowest BCUT2D eigenvalue weighted by molar-refractivity contribution is 0.568. The van der Waals surface area contributed by atoms with Gasteiger partial charge in [0.25, 0.3) is 6.71 Å². The molecule has 0 atom stereocenters. The SMILES string of the molecule is CC(C)(C)c1cc(-c2ccc3c(c2)N(c2c(-c4ccccc4)ccc4oc5ccccc5c24)c2cc(C(C)(C)C)cc4c2B3c2ccc(-c3cc(C(C)(C)C)cc(C(C)(C)C)c3)cc2N4c2c(-c3ccccc3)ccc3c2c2ccccc2n3-c2ccccc2)cc(C(C)(C)C)c1. The maximum Gasteiger partial charge on any atom is 0.252 e. The molecule has 0 fully saturated rings. The monoisotopic (exact) mass is 1260 g/mol. The van der Waals surface area contributed by atoms with Gasteiger partial charge in [0.1, 0.15) is 11.2 Å². The summed E-state index contributed by atoms with van der Waals surface area (Å²) in [5.74, 6) is 0. The fraction of sp³-hybridized carbons (Fsp3) is 0.217. The molecule has 14 aromatic rings. The van der Waals surface area contributed by atoms with E-state index in [1.807, 2.05) is 0 Å².